The van der Waals surface area contributed by atoms with E-state index in [2.05, 4.69) is 4.98 Å². The van der Waals surface area contributed by atoms with Crippen LogP contribution in [0.5, 0.6) is 0 Å². The van der Waals surface area contributed by atoms with E-state index in [9.17, 15) is 31.4 Å². The summed E-state index contributed by atoms with van der Waals surface area (Å²) in [5.74, 6) is -8.93. The maximum Gasteiger partial charge on any atom is 0.194 e. The maximum absolute atomic E-state index is 14.3. The molecule has 0 radical (unpaired) electrons. The van der Waals surface area contributed by atoms with Gasteiger partial charge in [0, 0.05) is 34.0 Å². The molecule has 4 aromatic rings. The van der Waals surface area contributed by atoms with Gasteiger partial charge >= 0.3 is 0 Å². The van der Waals surface area contributed by atoms with Crippen molar-refractivity contribution in [3.63, 3.8) is 0 Å². The molecule has 9 heteroatoms. The normalized spacial score (nSPS) is 12.3. The smallest absolute Gasteiger partial charge is 0.194 e. The summed E-state index contributed by atoms with van der Waals surface area (Å²) >= 11 is 0.934. The fourth-order valence-corrected chi connectivity index (χ4v) is 4.82. The molecule has 170 valence electrons. The van der Waals surface area contributed by atoms with Crippen LogP contribution in [0.2, 0.25) is 0 Å². The molecule has 0 aliphatic carbocycles. The van der Waals surface area contributed by atoms with E-state index in [-0.39, 0.29) is 38.3 Å². The van der Waals surface area contributed by atoms with Gasteiger partial charge in [0.2, 0.25) is 0 Å². The highest BCUT2D eigenvalue weighted by atomic mass is 32.1. The largest absolute Gasteiger partial charge is 0.384 e. The van der Waals surface area contributed by atoms with Crippen LogP contribution in [0.4, 0.5) is 26.3 Å². The first-order chi connectivity index (χ1) is 15.6. The van der Waals surface area contributed by atoms with Crippen molar-refractivity contribution >= 4 is 11.3 Å². The molecule has 1 atom stereocenters. The van der Waals surface area contributed by atoms with E-state index in [0.717, 1.165) is 23.5 Å². The molecule has 0 saturated heterocycles. The fourth-order valence-electron chi connectivity index (χ4n) is 3.65. The number of hydrogen-bond acceptors (Lipinski definition) is 3. The Bertz CT molecular complexity index is 1290. The summed E-state index contributed by atoms with van der Waals surface area (Å²) in [5, 5.41) is 12.6. The second-order valence-corrected chi connectivity index (χ2v) is 8.28. The molecule has 33 heavy (non-hydrogen) atoms. The van der Waals surface area contributed by atoms with E-state index in [1.165, 1.54) is 31.6 Å². The van der Waals surface area contributed by atoms with Crippen molar-refractivity contribution in [1.29, 1.82) is 0 Å². The van der Waals surface area contributed by atoms with Crippen molar-refractivity contribution in [2.45, 2.75) is 20.0 Å². The van der Waals surface area contributed by atoms with Gasteiger partial charge < -0.3 is 5.11 Å². The summed E-state index contributed by atoms with van der Waals surface area (Å²) in [4.78, 5) is 4.09. The predicted molar refractivity (Wildman–Crippen MR) is 113 cm³/mol. The zero-order valence-corrected chi connectivity index (χ0v) is 18.0. The predicted octanol–water partition coefficient (Wildman–Crippen LogP) is 7.01. The first kappa shape index (κ1) is 23.0. The maximum atomic E-state index is 14.3. The molecule has 4 rings (SSSR count). The van der Waals surface area contributed by atoms with Crippen LogP contribution >= 0.6 is 11.3 Å². The van der Waals surface area contributed by atoms with E-state index in [1.54, 1.807) is 12.1 Å². The van der Waals surface area contributed by atoms with Gasteiger partial charge in [0.25, 0.3) is 0 Å². The number of rotatable bonds is 4. The first-order valence-electron chi connectivity index (χ1n) is 9.61. The lowest BCUT2D eigenvalue weighted by atomic mass is 9.90. The molecule has 0 spiro atoms. The third-order valence-electron chi connectivity index (χ3n) is 5.45. The van der Waals surface area contributed by atoms with E-state index in [1.807, 2.05) is 0 Å². The van der Waals surface area contributed by atoms with Crippen LogP contribution in [-0.2, 0) is 0 Å². The Morgan fingerprint density at radius 2 is 1.39 bits per heavy atom. The average molecular weight is 479 g/mol. The van der Waals surface area contributed by atoms with Gasteiger partial charge in [-0.15, -0.1) is 11.3 Å². The number of benzene rings is 2. The highest BCUT2D eigenvalue weighted by Gasteiger charge is 2.28. The Hall–Kier alpha value is -3.17. The van der Waals surface area contributed by atoms with Crippen LogP contribution in [-0.4, -0.2) is 10.1 Å². The number of hydrogen-bond donors (Lipinski definition) is 1. The van der Waals surface area contributed by atoms with Gasteiger partial charge in [-0.3, -0.25) is 4.98 Å². The van der Waals surface area contributed by atoms with Crippen LogP contribution in [0.1, 0.15) is 28.4 Å². The summed E-state index contributed by atoms with van der Waals surface area (Å²) in [5.41, 5.74) is -0.0314. The van der Waals surface area contributed by atoms with Crippen molar-refractivity contribution in [3.05, 3.63) is 99.2 Å². The molecule has 0 saturated carbocycles. The molecule has 2 aromatic heterocycles. The minimum absolute atomic E-state index is 0.0405. The molecule has 1 unspecified atom stereocenters. The molecule has 0 fully saturated rings. The average Bonchev–Trinajstić information content (AvgIpc) is 3.25. The van der Waals surface area contributed by atoms with Gasteiger partial charge in [-0.25, -0.2) is 26.3 Å². The number of halogens is 6. The lowest BCUT2D eigenvalue weighted by molar-refractivity contribution is 0.221. The van der Waals surface area contributed by atoms with E-state index in [0.29, 0.717) is 5.56 Å². The van der Waals surface area contributed by atoms with Gasteiger partial charge in [0.15, 0.2) is 34.9 Å². The number of pyridine rings is 1. The molecule has 0 aliphatic heterocycles. The third kappa shape index (κ3) is 3.81. The van der Waals surface area contributed by atoms with Crippen molar-refractivity contribution in [2.24, 2.45) is 0 Å². The Labute approximate surface area is 188 Å². The topological polar surface area (TPSA) is 33.1 Å². The SMILES string of the molecule is Cc1c(-c2csc(-c3cc(F)c(F)c(F)c3C)c2C(O)c2cccnc2)cc(F)c(F)c1F. The summed E-state index contributed by atoms with van der Waals surface area (Å²) < 4.78 is 84.3. The Kier molecular flexibility index (Phi) is 6.02. The lowest BCUT2D eigenvalue weighted by Gasteiger charge is -2.18. The molecular formula is C24H15F6NOS. The molecule has 1 N–H and O–H groups in total. The molecule has 2 heterocycles. The van der Waals surface area contributed by atoms with Gasteiger partial charge in [-0.05, 0) is 59.7 Å². The van der Waals surface area contributed by atoms with Crippen LogP contribution in [0.25, 0.3) is 21.6 Å². The van der Waals surface area contributed by atoms with Gasteiger partial charge in [-0.1, -0.05) is 6.07 Å². The Morgan fingerprint density at radius 1 is 0.818 bits per heavy atom. The Balaban J connectivity index is 2.05. The summed E-state index contributed by atoms with van der Waals surface area (Å²) in [6.07, 6.45) is 1.39. The fraction of sp³-hybridized carbons (Fsp3) is 0.125. The van der Waals surface area contributed by atoms with Crippen molar-refractivity contribution in [1.82, 2.24) is 4.98 Å². The molecule has 2 nitrogen and oxygen atoms in total. The zero-order valence-electron chi connectivity index (χ0n) is 17.2. The summed E-state index contributed by atoms with van der Waals surface area (Å²) in [6, 6.07) is 4.68. The molecule has 0 amide bonds. The molecular weight excluding hydrogens is 464 g/mol. The van der Waals surface area contributed by atoms with Gasteiger partial charge in [0.1, 0.15) is 6.10 Å². The number of thiophene rings is 1. The highest BCUT2D eigenvalue weighted by molar-refractivity contribution is 7.14. The van der Waals surface area contributed by atoms with Crippen LogP contribution in [0, 0.1) is 48.8 Å². The molecule has 2 aromatic carbocycles. The molecule has 0 aliphatic rings. The Morgan fingerprint density at radius 3 is 1.97 bits per heavy atom. The van der Waals surface area contributed by atoms with Crippen LogP contribution < -0.4 is 0 Å². The van der Waals surface area contributed by atoms with Gasteiger partial charge in [-0.2, -0.15) is 0 Å². The third-order valence-corrected chi connectivity index (χ3v) is 6.48. The van der Waals surface area contributed by atoms with Crippen molar-refractivity contribution in [3.8, 4) is 21.6 Å². The van der Waals surface area contributed by atoms with Crippen LogP contribution in [0.15, 0.2) is 42.0 Å². The second kappa shape index (κ2) is 8.64. The number of aliphatic hydroxyl groups is 1. The van der Waals surface area contributed by atoms with Crippen LogP contribution in [0.3, 0.4) is 0 Å². The standard InChI is InChI=1S/C24H15F6NOS/c1-10-13(6-16(25)21(29)19(10)27)15-9-33-24(14-7-17(26)22(30)20(28)11(14)2)18(15)23(32)12-4-3-5-31-8-12/h3-9,23,32H,1-2H3. The minimum atomic E-state index is -1.64. The van der Waals surface area contributed by atoms with E-state index < -0.39 is 41.0 Å². The van der Waals surface area contributed by atoms with Crippen molar-refractivity contribution in [2.75, 3.05) is 0 Å². The number of aliphatic hydroxyl groups excluding tert-OH is 1. The van der Waals surface area contributed by atoms with E-state index >= 15 is 0 Å². The monoisotopic (exact) mass is 479 g/mol. The van der Waals surface area contributed by atoms with Gasteiger partial charge in [0.05, 0.1) is 0 Å². The summed E-state index contributed by atoms with van der Waals surface area (Å²) in [7, 11) is 0. The van der Waals surface area contributed by atoms with E-state index in [4.69, 9.17) is 0 Å². The quantitative estimate of drug-likeness (QED) is 0.252. The molecule has 0 bridgehead atoms. The number of nitrogens with zero attached hydrogens (tertiary/aromatic N) is 1. The second-order valence-electron chi connectivity index (χ2n) is 7.40. The highest BCUT2D eigenvalue weighted by Crippen LogP contribution is 2.46. The zero-order chi connectivity index (χ0) is 24.0. The lowest BCUT2D eigenvalue weighted by Crippen LogP contribution is -2.05. The van der Waals surface area contributed by atoms with Crippen molar-refractivity contribution < 1.29 is 31.4 Å². The first-order valence-corrected chi connectivity index (χ1v) is 10.5. The minimum Gasteiger partial charge on any atom is -0.384 e. The number of aromatic nitrogens is 1. The summed E-state index contributed by atoms with van der Waals surface area (Å²) in [6.45, 7) is 2.49.